The van der Waals surface area contributed by atoms with Gasteiger partial charge in [-0.1, -0.05) is 11.8 Å². The zero-order valence-corrected chi connectivity index (χ0v) is 19.5. The molecule has 170 valence electrons. The number of aliphatic imine (C=N–C) groups is 1. The molecule has 0 aromatic heterocycles. The minimum Gasteiger partial charge on any atom is -0.497 e. The highest BCUT2D eigenvalue weighted by Crippen LogP contribution is 2.46. The summed E-state index contributed by atoms with van der Waals surface area (Å²) < 4.78 is 16.3. The van der Waals surface area contributed by atoms with Crippen LogP contribution in [0.5, 0.6) is 11.5 Å². The van der Waals surface area contributed by atoms with Gasteiger partial charge in [-0.05, 0) is 49.8 Å². The summed E-state index contributed by atoms with van der Waals surface area (Å²) in [7, 11) is 3.16. The van der Waals surface area contributed by atoms with E-state index in [-0.39, 0.29) is 25.0 Å². The molecule has 0 radical (unpaired) electrons. The van der Waals surface area contributed by atoms with Crippen molar-refractivity contribution >= 4 is 28.8 Å². The molecule has 2 aliphatic heterocycles. The molecule has 32 heavy (non-hydrogen) atoms. The third-order valence-corrected chi connectivity index (χ3v) is 6.36. The van der Waals surface area contributed by atoms with E-state index in [0.29, 0.717) is 22.8 Å². The largest absolute Gasteiger partial charge is 0.497 e. The van der Waals surface area contributed by atoms with Gasteiger partial charge in [0, 0.05) is 17.8 Å². The van der Waals surface area contributed by atoms with Gasteiger partial charge in [0.05, 0.1) is 44.6 Å². The number of hydrogen-bond donors (Lipinski definition) is 1. The van der Waals surface area contributed by atoms with Crippen molar-refractivity contribution in [3.8, 4) is 11.5 Å². The molecular weight excluding hydrogens is 430 g/mol. The number of carbonyl (C=O) groups excluding carboxylic acids is 2. The molecule has 4 rings (SSSR count). The van der Waals surface area contributed by atoms with E-state index in [1.165, 1.54) is 11.8 Å². The van der Waals surface area contributed by atoms with Gasteiger partial charge < -0.3 is 24.4 Å². The summed E-state index contributed by atoms with van der Waals surface area (Å²) >= 11 is 1.45. The Kier molecular flexibility index (Phi) is 6.45. The fourth-order valence-electron chi connectivity index (χ4n) is 3.81. The smallest absolute Gasteiger partial charge is 0.338 e. The second-order valence-corrected chi connectivity index (χ2v) is 8.61. The van der Waals surface area contributed by atoms with Crippen molar-refractivity contribution in [3.63, 3.8) is 0 Å². The number of fused-ring (bicyclic) bond motifs is 1. The number of nitrogens with zero attached hydrogens (tertiary/aromatic N) is 2. The van der Waals surface area contributed by atoms with Crippen LogP contribution in [-0.2, 0) is 14.3 Å². The summed E-state index contributed by atoms with van der Waals surface area (Å²) in [5.41, 5.74) is 2.59. The lowest BCUT2D eigenvalue weighted by atomic mass is 9.93. The lowest BCUT2D eigenvalue weighted by Crippen LogP contribution is -2.38. The van der Waals surface area contributed by atoms with Gasteiger partial charge in [-0.15, -0.1) is 0 Å². The molecule has 0 spiro atoms. The first kappa shape index (κ1) is 22.3. The number of hydrogen-bond acceptors (Lipinski definition) is 8. The molecule has 1 aliphatic carbocycles. The van der Waals surface area contributed by atoms with Crippen LogP contribution in [0.2, 0.25) is 0 Å². The van der Waals surface area contributed by atoms with Crippen molar-refractivity contribution in [2.75, 3.05) is 20.8 Å². The van der Waals surface area contributed by atoms with Crippen molar-refractivity contribution in [2.24, 2.45) is 4.99 Å². The van der Waals surface area contributed by atoms with Crippen molar-refractivity contribution in [3.05, 3.63) is 46.1 Å². The molecule has 1 aromatic carbocycles. The molecule has 1 N–H and O–H groups in total. The molecule has 1 aromatic rings. The Morgan fingerprint density at radius 3 is 2.47 bits per heavy atom. The minimum absolute atomic E-state index is 0.0356. The van der Waals surface area contributed by atoms with Crippen LogP contribution in [0.15, 0.2) is 45.6 Å². The van der Waals surface area contributed by atoms with E-state index in [4.69, 9.17) is 14.2 Å². The van der Waals surface area contributed by atoms with Crippen LogP contribution >= 0.6 is 11.8 Å². The van der Waals surface area contributed by atoms with Crippen LogP contribution in [-0.4, -0.2) is 48.8 Å². The van der Waals surface area contributed by atoms with Gasteiger partial charge in [0.2, 0.25) is 5.91 Å². The highest BCUT2D eigenvalue weighted by atomic mass is 32.2. The first-order valence-electron chi connectivity index (χ1n) is 10.6. The summed E-state index contributed by atoms with van der Waals surface area (Å²) in [6, 6.07) is 5.27. The Labute approximate surface area is 191 Å². The summed E-state index contributed by atoms with van der Waals surface area (Å²) in [5.74, 6) is 0.742. The Bertz CT molecular complexity index is 1010. The van der Waals surface area contributed by atoms with Gasteiger partial charge >= 0.3 is 5.97 Å². The fraction of sp³-hybridized carbons (Fsp3) is 0.435. The fourth-order valence-corrected chi connectivity index (χ4v) is 4.78. The number of nitrogens with one attached hydrogen (secondary N) is 1. The number of ether oxygens (including phenoxy) is 3. The van der Waals surface area contributed by atoms with E-state index < -0.39 is 12.0 Å². The van der Waals surface area contributed by atoms with Crippen LogP contribution < -0.4 is 14.8 Å². The highest BCUT2D eigenvalue weighted by Gasteiger charge is 2.41. The number of methoxy groups -OCH3 is 2. The molecule has 0 bridgehead atoms. The number of esters is 1. The lowest BCUT2D eigenvalue weighted by Gasteiger charge is -2.36. The van der Waals surface area contributed by atoms with Crippen molar-refractivity contribution < 1.29 is 23.8 Å². The van der Waals surface area contributed by atoms with E-state index in [2.05, 4.69) is 10.3 Å². The average molecular weight is 458 g/mol. The number of thioether (sulfide) groups is 1. The molecule has 8 nitrogen and oxygen atoms in total. The molecule has 1 saturated carbocycles. The molecule has 3 aliphatic rings. The van der Waals surface area contributed by atoms with Gasteiger partial charge in [-0.2, -0.15) is 0 Å². The van der Waals surface area contributed by atoms with Gasteiger partial charge in [-0.25, -0.2) is 9.79 Å². The molecule has 0 saturated heterocycles. The van der Waals surface area contributed by atoms with Crippen LogP contribution in [0.3, 0.4) is 0 Å². The Morgan fingerprint density at radius 2 is 1.88 bits per heavy atom. The standard InChI is InChI=1S/C23H27N3O5S/c1-5-31-22(28)20-13(2)24-23-26(16(12-32-23)10-19(27)25-15-6-7-15)21(20)14-8-17(29-3)11-18(9-14)30-4/h8-9,11-12,15,21H,5-7,10H2,1-4H3,(H,25,27). The summed E-state index contributed by atoms with van der Waals surface area (Å²) in [4.78, 5) is 32.2. The predicted molar refractivity (Wildman–Crippen MR) is 122 cm³/mol. The number of amides is 1. The molecule has 1 fully saturated rings. The zero-order chi connectivity index (χ0) is 22.8. The van der Waals surface area contributed by atoms with Crippen molar-refractivity contribution in [1.29, 1.82) is 0 Å². The predicted octanol–water partition coefficient (Wildman–Crippen LogP) is 3.51. The number of allylic oxidation sites excluding steroid dienone is 1. The maximum absolute atomic E-state index is 13.0. The molecule has 9 heteroatoms. The van der Waals surface area contributed by atoms with Crippen molar-refractivity contribution in [2.45, 2.75) is 45.2 Å². The quantitative estimate of drug-likeness (QED) is 0.598. The maximum atomic E-state index is 13.0. The van der Waals surface area contributed by atoms with E-state index in [1.54, 1.807) is 34.1 Å². The lowest BCUT2D eigenvalue weighted by molar-refractivity contribution is -0.139. The number of carbonyl (C=O) groups is 2. The minimum atomic E-state index is -0.527. The van der Waals surface area contributed by atoms with E-state index in [9.17, 15) is 9.59 Å². The molecule has 2 heterocycles. The zero-order valence-electron chi connectivity index (χ0n) is 18.6. The van der Waals surface area contributed by atoms with Crippen LogP contribution in [0, 0.1) is 0 Å². The SMILES string of the molecule is CCOC(=O)C1=C(C)N=C2SC=C(CC(=O)NC3CC3)N2C1c1cc(OC)cc(OC)c1. The summed E-state index contributed by atoms with van der Waals surface area (Å²) in [6.45, 7) is 3.83. The van der Waals surface area contributed by atoms with Gasteiger partial charge in [0.25, 0.3) is 0 Å². The Morgan fingerprint density at radius 1 is 1.19 bits per heavy atom. The van der Waals surface area contributed by atoms with E-state index >= 15 is 0 Å². The van der Waals surface area contributed by atoms with Gasteiger partial charge in [0.1, 0.15) is 11.5 Å². The second-order valence-electron chi connectivity index (χ2n) is 7.78. The Balaban J connectivity index is 1.77. The molecular formula is C23H27N3O5S. The number of rotatable bonds is 8. The second kappa shape index (κ2) is 9.28. The summed E-state index contributed by atoms with van der Waals surface area (Å²) in [5, 5.41) is 5.68. The highest BCUT2D eigenvalue weighted by molar-refractivity contribution is 8.16. The monoisotopic (exact) mass is 457 g/mol. The molecule has 1 atom stereocenters. The third kappa shape index (κ3) is 4.48. The maximum Gasteiger partial charge on any atom is 0.338 e. The first-order valence-corrected chi connectivity index (χ1v) is 11.5. The van der Waals surface area contributed by atoms with E-state index in [0.717, 1.165) is 29.3 Å². The van der Waals surface area contributed by atoms with Gasteiger partial charge in [-0.3, -0.25) is 4.79 Å². The van der Waals surface area contributed by atoms with Crippen LogP contribution in [0.1, 0.15) is 44.7 Å². The van der Waals surface area contributed by atoms with Crippen LogP contribution in [0.4, 0.5) is 0 Å². The summed E-state index contributed by atoms with van der Waals surface area (Å²) in [6.07, 6.45) is 2.25. The van der Waals surface area contributed by atoms with E-state index in [1.807, 2.05) is 22.4 Å². The number of amidine groups is 1. The Hall–Kier alpha value is -2.94. The first-order chi connectivity index (χ1) is 15.4. The normalized spacial score (nSPS) is 19.8. The topological polar surface area (TPSA) is 89.5 Å². The van der Waals surface area contributed by atoms with Crippen molar-refractivity contribution in [1.82, 2.24) is 10.2 Å². The van der Waals surface area contributed by atoms with Crippen LogP contribution in [0.25, 0.3) is 0 Å². The molecule has 1 amide bonds. The van der Waals surface area contributed by atoms with Gasteiger partial charge in [0.15, 0.2) is 5.17 Å². The molecule has 1 unspecified atom stereocenters. The average Bonchev–Trinajstić information content (AvgIpc) is 3.51. The number of benzene rings is 1. The third-order valence-electron chi connectivity index (χ3n) is 5.47.